The van der Waals surface area contributed by atoms with Gasteiger partial charge in [0.2, 0.25) is 0 Å². The third-order valence-electron chi connectivity index (χ3n) is 12.5. The Morgan fingerprint density at radius 3 is 2.41 bits per heavy atom. The first-order chi connectivity index (χ1) is 15.0. The number of aliphatic hydroxyl groups excluding tert-OH is 1. The van der Waals surface area contributed by atoms with Gasteiger partial charge in [-0.15, -0.1) is 0 Å². The van der Waals surface area contributed by atoms with Gasteiger partial charge in [-0.2, -0.15) is 0 Å². The number of fused-ring (bicyclic) bond motifs is 7. The lowest BCUT2D eigenvalue weighted by Gasteiger charge is -2.66. The molecule has 2 heterocycles. The van der Waals surface area contributed by atoms with E-state index in [2.05, 4.69) is 34.6 Å². The second kappa shape index (κ2) is 6.95. The van der Waals surface area contributed by atoms with E-state index in [1.807, 2.05) is 0 Å². The van der Waals surface area contributed by atoms with Gasteiger partial charge in [-0.25, -0.2) is 0 Å². The van der Waals surface area contributed by atoms with Crippen molar-refractivity contribution >= 4 is 0 Å². The van der Waals surface area contributed by atoms with E-state index in [9.17, 15) is 10.2 Å². The van der Waals surface area contributed by atoms with Crippen molar-refractivity contribution in [2.45, 2.75) is 116 Å². The van der Waals surface area contributed by atoms with Gasteiger partial charge in [-0.3, -0.25) is 0 Å². The molecular formula is C28H46O4. The van der Waals surface area contributed by atoms with E-state index in [1.54, 1.807) is 0 Å². The van der Waals surface area contributed by atoms with Gasteiger partial charge in [0.05, 0.1) is 24.4 Å². The summed E-state index contributed by atoms with van der Waals surface area (Å²) in [6.07, 6.45) is 9.42. The Kier molecular flexibility index (Phi) is 4.85. The van der Waals surface area contributed by atoms with Crippen LogP contribution in [0, 0.1) is 52.3 Å². The molecule has 0 radical (unpaired) electrons. The second-order valence-corrected chi connectivity index (χ2v) is 13.8. The van der Waals surface area contributed by atoms with E-state index in [-0.39, 0.29) is 23.2 Å². The predicted octanol–water partition coefficient (Wildman–Crippen LogP) is 5.15. The summed E-state index contributed by atoms with van der Waals surface area (Å²) in [5, 5.41) is 22.3. The van der Waals surface area contributed by atoms with Gasteiger partial charge in [0, 0.05) is 18.8 Å². The summed E-state index contributed by atoms with van der Waals surface area (Å²) >= 11 is 0. The molecule has 13 atom stereocenters. The van der Waals surface area contributed by atoms with Crippen molar-refractivity contribution in [3.8, 4) is 0 Å². The molecule has 0 aromatic rings. The molecule has 0 bridgehead atoms. The highest BCUT2D eigenvalue weighted by atomic mass is 16.7. The molecule has 4 aliphatic carbocycles. The number of ether oxygens (including phenoxy) is 2. The van der Waals surface area contributed by atoms with Gasteiger partial charge in [-0.05, 0) is 91.3 Å². The molecule has 182 valence electrons. The maximum absolute atomic E-state index is 11.9. The van der Waals surface area contributed by atoms with E-state index in [0.717, 1.165) is 32.3 Å². The molecule has 1 spiro atoms. The van der Waals surface area contributed by atoms with Crippen LogP contribution in [0.1, 0.15) is 92.4 Å². The van der Waals surface area contributed by atoms with Gasteiger partial charge in [-0.1, -0.05) is 34.6 Å². The fourth-order valence-corrected chi connectivity index (χ4v) is 10.7. The Balaban J connectivity index is 1.30. The third kappa shape index (κ3) is 2.65. The Morgan fingerprint density at radius 1 is 0.906 bits per heavy atom. The second-order valence-electron chi connectivity index (χ2n) is 13.8. The van der Waals surface area contributed by atoms with Crippen molar-refractivity contribution < 1.29 is 19.7 Å². The van der Waals surface area contributed by atoms with Crippen LogP contribution >= 0.6 is 0 Å². The van der Waals surface area contributed by atoms with Gasteiger partial charge >= 0.3 is 0 Å². The van der Waals surface area contributed by atoms with Crippen molar-refractivity contribution in [2.75, 3.05) is 6.61 Å². The molecular weight excluding hydrogens is 400 g/mol. The van der Waals surface area contributed by atoms with Crippen molar-refractivity contribution in [2.24, 2.45) is 52.3 Å². The lowest BCUT2D eigenvalue weighted by atomic mass is 9.41. The average Bonchev–Trinajstić information content (AvgIpc) is 3.18. The first kappa shape index (κ1) is 22.3. The first-order valence-corrected chi connectivity index (χ1v) is 13.8. The van der Waals surface area contributed by atoms with Gasteiger partial charge in [0.25, 0.3) is 0 Å². The molecule has 2 aliphatic heterocycles. The van der Waals surface area contributed by atoms with Crippen molar-refractivity contribution in [1.29, 1.82) is 0 Å². The summed E-state index contributed by atoms with van der Waals surface area (Å²) in [5.74, 6) is 3.56. The summed E-state index contributed by atoms with van der Waals surface area (Å²) < 4.78 is 13.4. The molecule has 0 unspecified atom stereocenters. The summed E-state index contributed by atoms with van der Waals surface area (Å²) in [4.78, 5) is 0. The fourth-order valence-electron chi connectivity index (χ4n) is 10.7. The number of hydrogen-bond donors (Lipinski definition) is 2. The Morgan fingerprint density at radius 2 is 1.69 bits per heavy atom. The number of aliphatic hydroxyl groups is 2. The highest BCUT2D eigenvalue weighted by Crippen LogP contribution is 2.72. The molecule has 0 aromatic carbocycles. The molecule has 6 aliphatic rings. The lowest BCUT2D eigenvalue weighted by molar-refractivity contribution is -0.276. The molecule has 2 saturated heterocycles. The summed E-state index contributed by atoms with van der Waals surface area (Å²) in [5.41, 5.74) is -0.459. The average molecular weight is 447 g/mol. The highest BCUT2D eigenvalue weighted by Gasteiger charge is 2.71. The topological polar surface area (TPSA) is 58.9 Å². The third-order valence-corrected chi connectivity index (χ3v) is 12.5. The van der Waals surface area contributed by atoms with Crippen molar-refractivity contribution in [3.63, 3.8) is 0 Å². The van der Waals surface area contributed by atoms with Crippen LogP contribution in [0.15, 0.2) is 0 Å². The van der Waals surface area contributed by atoms with Crippen LogP contribution in [0.4, 0.5) is 0 Å². The minimum Gasteiger partial charge on any atom is -0.393 e. The molecule has 6 rings (SSSR count). The van der Waals surface area contributed by atoms with Crippen LogP contribution in [0.25, 0.3) is 0 Å². The molecule has 4 saturated carbocycles. The fraction of sp³-hybridized carbons (Fsp3) is 1.00. The molecule has 4 heteroatoms. The van der Waals surface area contributed by atoms with Gasteiger partial charge in [0.15, 0.2) is 5.79 Å². The zero-order valence-corrected chi connectivity index (χ0v) is 21.0. The lowest BCUT2D eigenvalue weighted by Crippen LogP contribution is -2.66. The van der Waals surface area contributed by atoms with E-state index < -0.39 is 5.60 Å². The van der Waals surface area contributed by atoms with Gasteiger partial charge in [0.1, 0.15) is 0 Å². The Bertz CT molecular complexity index is 761. The van der Waals surface area contributed by atoms with E-state index in [0.29, 0.717) is 53.4 Å². The van der Waals surface area contributed by atoms with E-state index >= 15 is 0 Å². The normalized spacial score (nSPS) is 64.0. The van der Waals surface area contributed by atoms with Crippen LogP contribution in [0.3, 0.4) is 0 Å². The Labute approximate surface area is 194 Å². The van der Waals surface area contributed by atoms with Crippen LogP contribution in [-0.4, -0.2) is 40.4 Å². The maximum Gasteiger partial charge on any atom is 0.171 e. The van der Waals surface area contributed by atoms with E-state index in [1.165, 1.54) is 25.7 Å². The smallest absolute Gasteiger partial charge is 0.171 e. The van der Waals surface area contributed by atoms with Crippen LogP contribution in [0.5, 0.6) is 0 Å². The van der Waals surface area contributed by atoms with Crippen LogP contribution < -0.4 is 0 Å². The van der Waals surface area contributed by atoms with E-state index in [4.69, 9.17) is 9.47 Å². The molecule has 0 aromatic heterocycles. The molecule has 6 fully saturated rings. The molecule has 4 nitrogen and oxygen atoms in total. The minimum absolute atomic E-state index is 0.0656. The van der Waals surface area contributed by atoms with Crippen molar-refractivity contribution in [1.82, 2.24) is 0 Å². The molecule has 32 heavy (non-hydrogen) atoms. The largest absolute Gasteiger partial charge is 0.393 e. The summed E-state index contributed by atoms with van der Waals surface area (Å²) in [6.45, 7) is 12.8. The first-order valence-electron chi connectivity index (χ1n) is 13.8. The molecule has 2 N–H and O–H groups in total. The van der Waals surface area contributed by atoms with Crippen molar-refractivity contribution in [3.05, 3.63) is 0 Å². The molecule has 0 amide bonds. The maximum atomic E-state index is 11.9. The zero-order valence-electron chi connectivity index (χ0n) is 21.0. The van der Waals surface area contributed by atoms with Crippen LogP contribution in [-0.2, 0) is 9.47 Å². The predicted molar refractivity (Wildman–Crippen MR) is 124 cm³/mol. The SMILES string of the molecule is C[C@@H]1CC[C@@]2(OC1)O[C@H]1C[C@H]3[C@@H]4C[C@@H](C)[C@@]5(O)C[C@H](O)CC[C@]5(C)[C@H]4CC[C@]3(C)[C@H]1[C@@H]2C. The Hall–Kier alpha value is -0.160. The monoisotopic (exact) mass is 446 g/mol. The van der Waals surface area contributed by atoms with Gasteiger partial charge < -0.3 is 19.7 Å². The summed E-state index contributed by atoms with van der Waals surface area (Å²) in [6, 6.07) is 0. The zero-order chi connectivity index (χ0) is 22.7. The highest BCUT2D eigenvalue weighted by molar-refractivity contribution is 5.19. The summed E-state index contributed by atoms with van der Waals surface area (Å²) in [7, 11) is 0. The standard InChI is InChI=1S/C28H46O4/c1-16-6-11-28(31-15-16)18(3)24-23(32-28)13-22-20-12-17(2)27(30)14-19(29)7-10-26(27,5)21(20)8-9-25(22,24)4/h16-24,29-30H,6-15H2,1-5H3/t16-,17-,18+,19-,20-,21+,22+,23+,24+,25+,26-,27+,28-/m1/s1. The quantitative estimate of drug-likeness (QED) is 0.540. The number of hydrogen-bond acceptors (Lipinski definition) is 4. The minimum atomic E-state index is -0.714. The number of rotatable bonds is 0. The van der Waals surface area contributed by atoms with Crippen LogP contribution in [0.2, 0.25) is 0 Å².